The molecule has 0 aliphatic heterocycles. The molecule has 1 amide bonds. The van der Waals surface area contributed by atoms with Gasteiger partial charge in [0.25, 0.3) is 0 Å². The van der Waals surface area contributed by atoms with Crippen molar-refractivity contribution in [2.24, 2.45) is 0 Å². The first kappa shape index (κ1) is 16.3. The second kappa shape index (κ2) is 7.83. The van der Waals surface area contributed by atoms with Gasteiger partial charge < -0.3 is 9.42 Å². The lowest BCUT2D eigenvalue weighted by Crippen LogP contribution is -2.29. The van der Waals surface area contributed by atoms with Gasteiger partial charge in [-0.1, -0.05) is 11.2 Å². The molecule has 0 saturated carbocycles. The fourth-order valence-electron chi connectivity index (χ4n) is 2.24. The van der Waals surface area contributed by atoms with Crippen LogP contribution in [0.15, 0.2) is 46.6 Å². The highest BCUT2D eigenvalue weighted by Crippen LogP contribution is 2.21. The maximum absolute atomic E-state index is 12.2. The van der Waals surface area contributed by atoms with Crippen LogP contribution >= 0.6 is 11.3 Å². The summed E-state index contributed by atoms with van der Waals surface area (Å²) in [7, 11) is 1.81. The van der Waals surface area contributed by atoms with Crippen molar-refractivity contribution in [3.05, 3.63) is 53.5 Å². The first-order valence-electron chi connectivity index (χ1n) is 7.71. The normalized spacial score (nSPS) is 10.7. The highest BCUT2D eigenvalue weighted by atomic mass is 32.1. The highest BCUT2D eigenvalue weighted by molar-refractivity contribution is 7.13. The Bertz CT molecular complexity index is 771. The van der Waals surface area contributed by atoms with Gasteiger partial charge >= 0.3 is 0 Å². The zero-order valence-electron chi connectivity index (χ0n) is 13.4. The van der Waals surface area contributed by atoms with Crippen LogP contribution in [0.1, 0.15) is 17.9 Å². The molecule has 0 N–H and O–H groups in total. The number of carbonyl (C=O) groups is 1. The number of hydrogen-bond acceptors (Lipinski definition) is 6. The third-order valence-electron chi connectivity index (χ3n) is 3.67. The fraction of sp³-hybridized carbons (Fsp3) is 0.294. The van der Waals surface area contributed by atoms with Gasteiger partial charge in [0, 0.05) is 38.8 Å². The van der Waals surface area contributed by atoms with Crippen LogP contribution in [-0.2, 0) is 17.6 Å². The SMILES string of the molecule is CN(CCc1ccncc1)C(=O)CCc1nc(-c2cccs2)no1. The molecule has 0 aliphatic carbocycles. The van der Waals surface area contributed by atoms with Gasteiger partial charge in [-0.2, -0.15) is 4.98 Å². The molecule has 0 aromatic carbocycles. The van der Waals surface area contributed by atoms with Crippen LogP contribution in [0.2, 0.25) is 0 Å². The molecule has 3 heterocycles. The Morgan fingerprint density at radius 1 is 1.25 bits per heavy atom. The Labute approximate surface area is 144 Å². The second-order valence-electron chi connectivity index (χ2n) is 5.41. The molecule has 0 fully saturated rings. The van der Waals surface area contributed by atoms with Crippen molar-refractivity contribution in [3.8, 4) is 10.7 Å². The van der Waals surface area contributed by atoms with E-state index in [1.165, 1.54) is 5.56 Å². The number of aryl methyl sites for hydroxylation is 1. The number of likely N-dealkylation sites (N-methyl/N-ethyl adjacent to an activating group) is 1. The minimum atomic E-state index is 0.0694. The number of pyridine rings is 1. The summed E-state index contributed by atoms with van der Waals surface area (Å²) in [5, 5.41) is 5.92. The summed E-state index contributed by atoms with van der Waals surface area (Å²) in [5.41, 5.74) is 1.17. The number of hydrogen-bond donors (Lipinski definition) is 0. The van der Waals surface area contributed by atoms with Gasteiger partial charge in [0.15, 0.2) is 0 Å². The summed E-state index contributed by atoms with van der Waals surface area (Å²) in [4.78, 5) is 23.2. The van der Waals surface area contributed by atoms with Crippen LogP contribution in [-0.4, -0.2) is 39.5 Å². The summed E-state index contributed by atoms with van der Waals surface area (Å²) in [6, 6.07) is 7.81. The van der Waals surface area contributed by atoms with Gasteiger partial charge in [-0.3, -0.25) is 9.78 Å². The molecule has 3 rings (SSSR count). The van der Waals surface area contributed by atoms with Gasteiger partial charge in [-0.05, 0) is 35.6 Å². The minimum absolute atomic E-state index is 0.0694. The summed E-state index contributed by atoms with van der Waals surface area (Å²) < 4.78 is 5.22. The molecule has 7 heteroatoms. The van der Waals surface area contributed by atoms with E-state index in [0.717, 1.165) is 11.3 Å². The maximum atomic E-state index is 12.2. The number of rotatable bonds is 7. The lowest BCUT2D eigenvalue weighted by Gasteiger charge is -2.16. The number of carbonyl (C=O) groups excluding carboxylic acids is 1. The third kappa shape index (κ3) is 4.26. The van der Waals surface area contributed by atoms with Crippen molar-refractivity contribution in [1.82, 2.24) is 20.0 Å². The van der Waals surface area contributed by atoms with E-state index in [1.807, 2.05) is 36.7 Å². The molecule has 0 atom stereocenters. The van der Waals surface area contributed by atoms with E-state index >= 15 is 0 Å². The Morgan fingerprint density at radius 2 is 2.08 bits per heavy atom. The molecular formula is C17H18N4O2S. The van der Waals surface area contributed by atoms with Gasteiger partial charge in [0.1, 0.15) is 0 Å². The van der Waals surface area contributed by atoms with E-state index in [9.17, 15) is 4.79 Å². The molecule has 3 aromatic rings. The molecule has 124 valence electrons. The Balaban J connectivity index is 1.46. The quantitative estimate of drug-likeness (QED) is 0.660. The predicted octanol–water partition coefficient (Wildman–Crippen LogP) is 2.83. The number of thiophene rings is 1. The second-order valence-corrected chi connectivity index (χ2v) is 6.36. The van der Waals surface area contributed by atoms with Crippen LogP contribution in [0.25, 0.3) is 10.7 Å². The maximum Gasteiger partial charge on any atom is 0.227 e. The summed E-state index contributed by atoms with van der Waals surface area (Å²) in [5.74, 6) is 1.15. The number of aromatic nitrogens is 3. The van der Waals surface area contributed by atoms with Crippen molar-refractivity contribution >= 4 is 17.2 Å². The van der Waals surface area contributed by atoms with Gasteiger partial charge in [-0.25, -0.2) is 0 Å². The Kier molecular flexibility index (Phi) is 5.32. The van der Waals surface area contributed by atoms with Gasteiger partial charge in [0.2, 0.25) is 17.6 Å². The van der Waals surface area contributed by atoms with Crippen LogP contribution in [0, 0.1) is 0 Å². The van der Waals surface area contributed by atoms with Crippen molar-refractivity contribution in [3.63, 3.8) is 0 Å². The van der Waals surface area contributed by atoms with Crippen LogP contribution in [0.3, 0.4) is 0 Å². The van der Waals surface area contributed by atoms with Crippen molar-refractivity contribution in [1.29, 1.82) is 0 Å². The lowest BCUT2D eigenvalue weighted by atomic mass is 10.2. The Hall–Kier alpha value is -2.54. The van der Waals surface area contributed by atoms with Gasteiger partial charge in [0.05, 0.1) is 4.88 Å². The van der Waals surface area contributed by atoms with E-state index in [0.29, 0.717) is 31.1 Å². The number of amides is 1. The molecule has 0 spiro atoms. The van der Waals surface area contributed by atoms with E-state index in [-0.39, 0.29) is 5.91 Å². The summed E-state index contributed by atoms with van der Waals surface area (Å²) >= 11 is 1.56. The smallest absolute Gasteiger partial charge is 0.227 e. The monoisotopic (exact) mass is 342 g/mol. The molecule has 0 saturated heterocycles. The molecule has 0 radical (unpaired) electrons. The standard InChI is InChI=1S/C17H18N4O2S/c1-21(11-8-13-6-9-18-10-7-13)16(22)5-4-15-19-17(20-23-15)14-3-2-12-24-14/h2-3,6-7,9-10,12H,4-5,8,11H2,1H3. The Morgan fingerprint density at radius 3 is 2.83 bits per heavy atom. The molecular weight excluding hydrogens is 324 g/mol. The average Bonchev–Trinajstić information content (AvgIpc) is 3.29. The van der Waals surface area contributed by atoms with E-state index < -0.39 is 0 Å². The van der Waals surface area contributed by atoms with E-state index in [4.69, 9.17) is 4.52 Å². The van der Waals surface area contributed by atoms with E-state index in [2.05, 4.69) is 15.1 Å². The third-order valence-corrected chi connectivity index (χ3v) is 4.54. The molecule has 6 nitrogen and oxygen atoms in total. The van der Waals surface area contributed by atoms with Crippen molar-refractivity contribution in [2.45, 2.75) is 19.3 Å². The van der Waals surface area contributed by atoms with Crippen molar-refractivity contribution in [2.75, 3.05) is 13.6 Å². The molecule has 0 bridgehead atoms. The van der Waals surface area contributed by atoms with Crippen LogP contribution < -0.4 is 0 Å². The molecule has 0 unspecified atom stereocenters. The first-order chi connectivity index (χ1) is 11.7. The first-order valence-corrected chi connectivity index (χ1v) is 8.59. The largest absolute Gasteiger partial charge is 0.345 e. The zero-order valence-corrected chi connectivity index (χ0v) is 14.2. The van der Waals surface area contributed by atoms with Crippen LogP contribution in [0.5, 0.6) is 0 Å². The molecule has 3 aromatic heterocycles. The minimum Gasteiger partial charge on any atom is -0.345 e. The van der Waals surface area contributed by atoms with Crippen molar-refractivity contribution < 1.29 is 9.32 Å². The molecule has 24 heavy (non-hydrogen) atoms. The predicted molar refractivity (Wildman–Crippen MR) is 91.5 cm³/mol. The van der Waals surface area contributed by atoms with Gasteiger partial charge in [-0.15, -0.1) is 11.3 Å². The van der Waals surface area contributed by atoms with Crippen LogP contribution in [0.4, 0.5) is 0 Å². The summed E-state index contributed by atoms with van der Waals surface area (Å²) in [6.45, 7) is 0.674. The average molecular weight is 342 g/mol. The fourth-order valence-corrected chi connectivity index (χ4v) is 2.89. The highest BCUT2D eigenvalue weighted by Gasteiger charge is 2.13. The zero-order chi connectivity index (χ0) is 16.8. The number of nitrogens with zero attached hydrogens (tertiary/aromatic N) is 4. The molecule has 0 aliphatic rings. The summed E-state index contributed by atoms with van der Waals surface area (Å²) in [6.07, 6.45) is 5.15. The lowest BCUT2D eigenvalue weighted by molar-refractivity contribution is -0.129. The topological polar surface area (TPSA) is 72.1 Å². The van der Waals surface area contributed by atoms with E-state index in [1.54, 1.807) is 28.6 Å².